The first-order chi connectivity index (χ1) is 11.8. The van der Waals surface area contributed by atoms with Crippen LogP contribution in [0.1, 0.15) is 41.2 Å². The van der Waals surface area contributed by atoms with Crippen molar-refractivity contribution in [1.29, 1.82) is 0 Å². The summed E-state index contributed by atoms with van der Waals surface area (Å²) in [7, 11) is 0. The van der Waals surface area contributed by atoms with Gasteiger partial charge in [0.05, 0.1) is 12.7 Å². The van der Waals surface area contributed by atoms with Crippen molar-refractivity contribution in [2.24, 2.45) is 0 Å². The first kappa shape index (κ1) is 14.8. The molecule has 0 bridgehead atoms. The van der Waals surface area contributed by atoms with Crippen LogP contribution < -0.4 is 0 Å². The van der Waals surface area contributed by atoms with Crippen molar-refractivity contribution >= 4 is 5.97 Å². The molecule has 1 saturated heterocycles. The van der Waals surface area contributed by atoms with Crippen LogP contribution in [-0.4, -0.2) is 5.97 Å². The van der Waals surface area contributed by atoms with Gasteiger partial charge in [0.2, 0.25) is 0 Å². The Labute approximate surface area is 140 Å². The van der Waals surface area contributed by atoms with Crippen molar-refractivity contribution in [3.8, 4) is 0 Å². The average Bonchev–Trinajstić information content (AvgIpc) is 3.17. The van der Waals surface area contributed by atoms with Gasteiger partial charge in [0.1, 0.15) is 11.9 Å². The summed E-state index contributed by atoms with van der Waals surface area (Å²) in [4.78, 5) is 12.3. The van der Waals surface area contributed by atoms with Crippen molar-refractivity contribution in [3.63, 3.8) is 0 Å². The van der Waals surface area contributed by atoms with E-state index in [4.69, 9.17) is 9.15 Å². The molecule has 1 fully saturated rings. The van der Waals surface area contributed by atoms with E-state index in [2.05, 4.69) is 12.1 Å². The van der Waals surface area contributed by atoms with E-state index in [0.29, 0.717) is 6.42 Å². The highest BCUT2D eigenvalue weighted by Crippen LogP contribution is 2.49. The Hall–Kier alpha value is -2.81. The molecule has 1 aromatic heterocycles. The smallest absolute Gasteiger partial charge is 0.307 e. The van der Waals surface area contributed by atoms with E-state index in [9.17, 15) is 4.79 Å². The highest BCUT2D eigenvalue weighted by atomic mass is 16.5. The lowest BCUT2D eigenvalue weighted by Gasteiger charge is -2.37. The molecule has 0 aliphatic carbocycles. The summed E-state index contributed by atoms with van der Waals surface area (Å²) in [5.41, 5.74) is 2.16. The van der Waals surface area contributed by atoms with Gasteiger partial charge in [-0.05, 0) is 23.3 Å². The quantitative estimate of drug-likeness (QED) is 0.649. The van der Waals surface area contributed by atoms with Crippen molar-refractivity contribution in [3.05, 3.63) is 95.9 Å². The number of benzene rings is 2. The van der Waals surface area contributed by atoms with Crippen molar-refractivity contribution in [1.82, 2.24) is 0 Å². The van der Waals surface area contributed by atoms with Crippen molar-refractivity contribution < 1.29 is 13.9 Å². The van der Waals surface area contributed by atoms with Gasteiger partial charge in [-0.15, -0.1) is 0 Å². The van der Waals surface area contributed by atoms with Gasteiger partial charge in [-0.2, -0.15) is 0 Å². The first-order valence-corrected chi connectivity index (χ1v) is 8.15. The maximum Gasteiger partial charge on any atom is 0.307 e. The first-order valence-electron chi connectivity index (χ1n) is 8.15. The van der Waals surface area contributed by atoms with Gasteiger partial charge in [0.15, 0.2) is 0 Å². The maximum absolute atomic E-state index is 12.3. The van der Waals surface area contributed by atoms with Crippen LogP contribution in [0.15, 0.2) is 83.5 Å². The predicted molar refractivity (Wildman–Crippen MR) is 90.5 cm³/mol. The third-order valence-corrected chi connectivity index (χ3v) is 4.63. The lowest BCUT2D eigenvalue weighted by Crippen LogP contribution is -2.31. The van der Waals surface area contributed by atoms with E-state index in [1.54, 1.807) is 6.26 Å². The molecule has 3 nitrogen and oxygen atoms in total. The largest absolute Gasteiger partial charge is 0.469 e. The van der Waals surface area contributed by atoms with Crippen LogP contribution in [0.2, 0.25) is 0 Å². The van der Waals surface area contributed by atoms with Gasteiger partial charge in [0.25, 0.3) is 0 Å². The van der Waals surface area contributed by atoms with Crippen molar-refractivity contribution in [2.75, 3.05) is 0 Å². The standard InChI is InChI=1S/C21H18O3/c22-19-14-17(18-12-7-13-23-18)20(15-8-3-1-4-9-15)21(24-19)16-10-5-2-6-11-16/h1-13,17,20-21H,14H2/t17-,20-,21-/m0/s1. The highest BCUT2D eigenvalue weighted by molar-refractivity contribution is 5.72. The molecule has 120 valence electrons. The number of carbonyl (C=O) groups is 1. The fourth-order valence-corrected chi connectivity index (χ4v) is 3.56. The van der Waals surface area contributed by atoms with Crippen LogP contribution in [0, 0.1) is 0 Å². The van der Waals surface area contributed by atoms with Gasteiger partial charge in [-0.25, -0.2) is 0 Å². The number of furan rings is 1. The predicted octanol–water partition coefficient (Wildman–Crippen LogP) is 4.84. The molecule has 3 heteroatoms. The molecule has 24 heavy (non-hydrogen) atoms. The Morgan fingerprint density at radius 2 is 1.46 bits per heavy atom. The molecule has 1 aliphatic heterocycles. The lowest BCUT2D eigenvalue weighted by atomic mass is 9.75. The summed E-state index contributed by atoms with van der Waals surface area (Å²) in [5, 5.41) is 0. The summed E-state index contributed by atoms with van der Waals surface area (Å²) in [6.07, 6.45) is 1.68. The van der Waals surface area contributed by atoms with Gasteiger partial charge in [-0.1, -0.05) is 60.7 Å². The number of ether oxygens (including phenoxy) is 1. The topological polar surface area (TPSA) is 39.4 Å². The number of hydrogen-bond acceptors (Lipinski definition) is 3. The van der Waals surface area contributed by atoms with Crippen molar-refractivity contribution in [2.45, 2.75) is 24.4 Å². The van der Waals surface area contributed by atoms with Gasteiger partial charge in [0, 0.05) is 11.8 Å². The molecule has 0 radical (unpaired) electrons. The SMILES string of the molecule is O=C1C[C@@H](c2ccco2)[C@H](c2ccccc2)[C@H](c2ccccc2)O1. The number of hydrogen-bond donors (Lipinski definition) is 0. The zero-order valence-electron chi connectivity index (χ0n) is 13.2. The fourth-order valence-electron chi connectivity index (χ4n) is 3.56. The second-order valence-electron chi connectivity index (χ2n) is 6.08. The van der Waals surface area contributed by atoms with Gasteiger partial charge < -0.3 is 9.15 Å². The zero-order chi connectivity index (χ0) is 16.4. The molecule has 1 aliphatic rings. The Morgan fingerprint density at radius 1 is 0.792 bits per heavy atom. The van der Waals surface area contributed by atoms with E-state index in [0.717, 1.165) is 16.9 Å². The fraction of sp³-hybridized carbons (Fsp3) is 0.190. The summed E-state index contributed by atoms with van der Waals surface area (Å²) in [6.45, 7) is 0. The normalized spacial score (nSPS) is 23.7. The summed E-state index contributed by atoms with van der Waals surface area (Å²) in [5.74, 6) is 0.644. The third kappa shape index (κ3) is 2.73. The van der Waals surface area contributed by atoms with E-state index >= 15 is 0 Å². The number of rotatable bonds is 3. The van der Waals surface area contributed by atoms with Gasteiger partial charge in [-0.3, -0.25) is 4.79 Å². The number of cyclic esters (lactones) is 1. The summed E-state index contributed by atoms with van der Waals surface area (Å²) in [6, 6.07) is 24.0. The Balaban J connectivity index is 1.82. The van der Waals surface area contributed by atoms with Gasteiger partial charge >= 0.3 is 5.97 Å². The molecule has 0 N–H and O–H groups in total. The minimum Gasteiger partial charge on any atom is -0.469 e. The molecule has 2 aromatic carbocycles. The van der Waals surface area contributed by atoms with E-state index in [-0.39, 0.29) is 23.9 Å². The second kappa shape index (κ2) is 6.36. The number of esters is 1. The van der Waals surface area contributed by atoms with Crippen LogP contribution >= 0.6 is 0 Å². The second-order valence-corrected chi connectivity index (χ2v) is 6.08. The van der Waals surface area contributed by atoms with E-state index in [1.165, 1.54) is 0 Å². The Bertz CT molecular complexity index is 794. The highest BCUT2D eigenvalue weighted by Gasteiger charge is 2.42. The van der Waals surface area contributed by atoms with E-state index < -0.39 is 0 Å². The van der Waals surface area contributed by atoms with Crippen LogP contribution in [0.3, 0.4) is 0 Å². The zero-order valence-corrected chi connectivity index (χ0v) is 13.2. The third-order valence-electron chi connectivity index (χ3n) is 4.63. The van der Waals surface area contributed by atoms with Crippen LogP contribution in [0.5, 0.6) is 0 Å². The Morgan fingerprint density at radius 3 is 2.08 bits per heavy atom. The number of carbonyl (C=O) groups excluding carboxylic acids is 1. The molecular formula is C21H18O3. The maximum atomic E-state index is 12.3. The van der Waals surface area contributed by atoms with Crippen LogP contribution in [0.25, 0.3) is 0 Å². The molecule has 0 amide bonds. The molecular weight excluding hydrogens is 300 g/mol. The Kier molecular flexibility index (Phi) is 3.91. The summed E-state index contributed by atoms with van der Waals surface area (Å²) < 4.78 is 11.4. The molecule has 3 atom stereocenters. The average molecular weight is 318 g/mol. The monoisotopic (exact) mass is 318 g/mol. The minimum absolute atomic E-state index is 0.0254. The van der Waals surface area contributed by atoms with E-state index in [1.807, 2.05) is 60.7 Å². The summed E-state index contributed by atoms with van der Waals surface area (Å²) >= 11 is 0. The molecule has 2 heterocycles. The molecule has 3 aromatic rings. The molecule has 4 rings (SSSR count). The molecule has 0 saturated carbocycles. The van der Waals surface area contributed by atoms with Crippen LogP contribution in [-0.2, 0) is 9.53 Å². The van der Waals surface area contributed by atoms with Crippen LogP contribution in [0.4, 0.5) is 0 Å². The lowest BCUT2D eigenvalue weighted by molar-refractivity contribution is -0.157. The molecule has 0 spiro atoms. The minimum atomic E-state index is -0.315. The molecule has 0 unspecified atom stereocenters.